The molecule has 1 aliphatic rings. The lowest BCUT2D eigenvalue weighted by molar-refractivity contribution is 0.0168. The number of guanidine groups is 1. The van der Waals surface area contributed by atoms with E-state index in [2.05, 4.69) is 28.6 Å². The number of nitrogens with zero attached hydrogens (tertiary/aromatic N) is 1. The number of aliphatic imine (C=N–C) groups is 1. The molecule has 1 aliphatic heterocycles. The lowest BCUT2D eigenvalue weighted by atomic mass is 10.2. The van der Waals surface area contributed by atoms with Crippen LogP contribution in [0.2, 0.25) is 0 Å². The Morgan fingerprint density at radius 2 is 2.19 bits per heavy atom. The average Bonchev–Trinajstić information content (AvgIpc) is 3.16. The highest BCUT2D eigenvalue weighted by atomic mass is 127. The number of hydrogen-bond acceptors (Lipinski definition) is 4. The molecular weight excluding hydrogens is 457 g/mol. The van der Waals surface area contributed by atoms with Crippen LogP contribution in [-0.4, -0.2) is 51.6 Å². The van der Waals surface area contributed by atoms with Gasteiger partial charge in [0, 0.05) is 26.3 Å². The molecule has 6 nitrogen and oxygen atoms in total. The highest BCUT2D eigenvalue weighted by Crippen LogP contribution is 2.14. The fraction of sp³-hybridized carbons (Fsp3) is 0.650. The molecule has 154 valence electrons. The summed E-state index contributed by atoms with van der Waals surface area (Å²) in [5.74, 6) is 1.72. The number of halogens is 1. The minimum Gasteiger partial charge on any atom is -0.494 e. The van der Waals surface area contributed by atoms with Crippen LogP contribution in [0.3, 0.4) is 0 Å². The van der Waals surface area contributed by atoms with Crippen LogP contribution >= 0.6 is 24.0 Å². The number of ether oxygens (including phenoxy) is 3. The van der Waals surface area contributed by atoms with Crippen LogP contribution in [0.4, 0.5) is 0 Å². The van der Waals surface area contributed by atoms with Gasteiger partial charge < -0.3 is 24.8 Å². The summed E-state index contributed by atoms with van der Waals surface area (Å²) in [7, 11) is 0. The Balaban J connectivity index is 0.00000364. The second kappa shape index (κ2) is 14.9. The SMILES string of the molecule is CCNC(=NCc1cccc(OCC)c1)NCCCOCC1CCCO1.I. The van der Waals surface area contributed by atoms with Crippen molar-refractivity contribution in [2.75, 3.05) is 39.5 Å². The van der Waals surface area contributed by atoms with Gasteiger partial charge in [-0.3, -0.25) is 0 Å². The van der Waals surface area contributed by atoms with Gasteiger partial charge in [0.15, 0.2) is 5.96 Å². The maximum absolute atomic E-state index is 5.69. The molecule has 1 atom stereocenters. The first-order valence-electron chi connectivity index (χ1n) is 9.75. The molecule has 0 radical (unpaired) electrons. The molecule has 0 spiro atoms. The maximum Gasteiger partial charge on any atom is 0.191 e. The zero-order valence-electron chi connectivity index (χ0n) is 16.5. The molecule has 1 unspecified atom stereocenters. The largest absolute Gasteiger partial charge is 0.494 e. The average molecular weight is 491 g/mol. The van der Waals surface area contributed by atoms with Gasteiger partial charge in [0.05, 0.1) is 25.9 Å². The standard InChI is InChI=1S/C20H33N3O3.HI/c1-3-21-20(22-11-7-12-24-16-19-10-6-13-26-19)23-15-17-8-5-9-18(14-17)25-4-2;/h5,8-9,14,19H,3-4,6-7,10-13,15-16H2,1-2H3,(H2,21,22,23);1H. The Kier molecular flexibility index (Phi) is 13.3. The Morgan fingerprint density at radius 1 is 1.30 bits per heavy atom. The van der Waals surface area contributed by atoms with Gasteiger partial charge in [-0.1, -0.05) is 12.1 Å². The summed E-state index contributed by atoms with van der Waals surface area (Å²) in [6.07, 6.45) is 3.52. The summed E-state index contributed by atoms with van der Waals surface area (Å²) >= 11 is 0. The first-order chi connectivity index (χ1) is 12.8. The topological polar surface area (TPSA) is 64.1 Å². The van der Waals surface area contributed by atoms with Crippen molar-refractivity contribution in [3.8, 4) is 5.75 Å². The van der Waals surface area contributed by atoms with Crippen LogP contribution in [0.15, 0.2) is 29.3 Å². The Labute approximate surface area is 180 Å². The first kappa shape index (κ1) is 24.0. The second-order valence-electron chi connectivity index (χ2n) is 6.27. The van der Waals surface area contributed by atoms with Gasteiger partial charge in [-0.2, -0.15) is 0 Å². The van der Waals surface area contributed by atoms with Gasteiger partial charge in [-0.05, 0) is 50.8 Å². The lowest BCUT2D eigenvalue weighted by Gasteiger charge is -2.13. The molecule has 27 heavy (non-hydrogen) atoms. The number of rotatable bonds is 11. The molecule has 0 aliphatic carbocycles. The normalized spacial score (nSPS) is 16.7. The third-order valence-electron chi connectivity index (χ3n) is 4.06. The van der Waals surface area contributed by atoms with Crippen molar-refractivity contribution in [2.45, 2.75) is 45.8 Å². The van der Waals surface area contributed by atoms with Crippen molar-refractivity contribution in [1.29, 1.82) is 0 Å². The van der Waals surface area contributed by atoms with Gasteiger partial charge in [-0.15, -0.1) is 24.0 Å². The minimum absolute atomic E-state index is 0. The number of benzene rings is 1. The van der Waals surface area contributed by atoms with Crippen molar-refractivity contribution < 1.29 is 14.2 Å². The van der Waals surface area contributed by atoms with Gasteiger partial charge in [0.1, 0.15) is 5.75 Å². The minimum atomic E-state index is 0. The van der Waals surface area contributed by atoms with Gasteiger partial charge in [0.25, 0.3) is 0 Å². The highest BCUT2D eigenvalue weighted by molar-refractivity contribution is 14.0. The van der Waals surface area contributed by atoms with E-state index in [9.17, 15) is 0 Å². The van der Waals surface area contributed by atoms with E-state index in [-0.39, 0.29) is 24.0 Å². The summed E-state index contributed by atoms with van der Waals surface area (Å²) < 4.78 is 16.8. The fourth-order valence-electron chi connectivity index (χ4n) is 2.78. The zero-order chi connectivity index (χ0) is 18.5. The molecule has 2 N–H and O–H groups in total. The molecule has 2 rings (SSSR count). The van der Waals surface area contributed by atoms with Crippen molar-refractivity contribution in [3.63, 3.8) is 0 Å². The van der Waals surface area contributed by atoms with Gasteiger partial charge in [0.2, 0.25) is 0 Å². The van der Waals surface area contributed by atoms with E-state index in [0.717, 1.165) is 62.8 Å². The van der Waals surface area contributed by atoms with Crippen LogP contribution in [0.25, 0.3) is 0 Å². The van der Waals surface area contributed by atoms with Crippen LogP contribution in [-0.2, 0) is 16.0 Å². The molecule has 0 aromatic heterocycles. The molecule has 1 saturated heterocycles. The Bertz CT molecular complexity index is 537. The fourth-order valence-corrected chi connectivity index (χ4v) is 2.78. The summed E-state index contributed by atoms with van der Waals surface area (Å²) in [6.45, 7) is 9.34. The molecule has 1 fully saturated rings. The molecule has 0 saturated carbocycles. The van der Waals surface area contributed by atoms with Crippen molar-refractivity contribution in [2.24, 2.45) is 4.99 Å². The van der Waals surface area contributed by atoms with Crippen molar-refractivity contribution >= 4 is 29.9 Å². The second-order valence-corrected chi connectivity index (χ2v) is 6.27. The Morgan fingerprint density at radius 3 is 2.93 bits per heavy atom. The molecule has 1 heterocycles. The molecule has 1 aromatic carbocycles. The quantitative estimate of drug-likeness (QED) is 0.215. The molecule has 0 bridgehead atoms. The van der Waals surface area contributed by atoms with Crippen molar-refractivity contribution in [1.82, 2.24) is 10.6 Å². The Hall–Kier alpha value is -1.06. The van der Waals surface area contributed by atoms with E-state index in [4.69, 9.17) is 14.2 Å². The third-order valence-corrected chi connectivity index (χ3v) is 4.06. The predicted molar refractivity (Wildman–Crippen MR) is 120 cm³/mol. The maximum atomic E-state index is 5.69. The van der Waals surface area contributed by atoms with Gasteiger partial charge in [-0.25, -0.2) is 4.99 Å². The first-order valence-corrected chi connectivity index (χ1v) is 9.75. The van der Waals surface area contributed by atoms with Gasteiger partial charge >= 0.3 is 0 Å². The summed E-state index contributed by atoms with van der Waals surface area (Å²) in [6, 6.07) is 8.07. The van der Waals surface area contributed by atoms with E-state index in [1.807, 2.05) is 25.1 Å². The monoisotopic (exact) mass is 491 g/mol. The van der Waals surface area contributed by atoms with Crippen LogP contribution < -0.4 is 15.4 Å². The van der Waals surface area contributed by atoms with Crippen LogP contribution in [0.1, 0.15) is 38.7 Å². The highest BCUT2D eigenvalue weighted by Gasteiger charge is 2.14. The van der Waals surface area contributed by atoms with E-state index < -0.39 is 0 Å². The van der Waals surface area contributed by atoms with E-state index in [1.165, 1.54) is 0 Å². The molecule has 0 amide bonds. The molecule has 1 aromatic rings. The molecule has 7 heteroatoms. The molecular formula is C20H34IN3O3. The third kappa shape index (κ3) is 10.2. The van der Waals surface area contributed by atoms with Crippen molar-refractivity contribution in [3.05, 3.63) is 29.8 Å². The zero-order valence-corrected chi connectivity index (χ0v) is 18.9. The number of nitrogens with one attached hydrogen (secondary N) is 2. The van der Waals surface area contributed by atoms with E-state index >= 15 is 0 Å². The van der Waals surface area contributed by atoms with Crippen LogP contribution in [0, 0.1) is 0 Å². The lowest BCUT2D eigenvalue weighted by Crippen LogP contribution is -2.38. The summed E-state index contributed by atoms with van der Waals surface area (Å²) in [5.41, 5.74) is 1.13. The van der Waals surface area contributed by atoms with Crippen LogP contribution in [0.5, 0.6) is 5.75 Å². The summed E-state index contributed by atoms with van der Waals surface area (Å²) in [5, 5.41) is 6.63. The summed E-state index contributed by atoms with van der Waals surface area (Å²) in [4.78, 5) is 4.64. The number of hydrogen-bond donors (Lipinski definition) is 2. The van der Waals surface area contributed by atoms with E-state index in [1.54, 1.807) is 0 Å². The predicted octanol–water partition coefficient (Wildman–Crippen LogP) is 3.34. The smallest absolute Gasteiger partial charge is 0.191 e. The van der Waals surface area contributed by atoms with E-state index in [0.29, 0.717) is 25.9 Å².